The van der Waals surface area contributed by atoms with Gasteiger partial charge in [0, 0.05) is 7.11 Å². The smallest absolute Gasteiger partial charge is 0.337 e. The molecule has 0 amide bonds. The zero-order valence-corrected chi connectivity index (χ0v) is 6.55. The molecule has 0 spiro atoms. The summed E-state index contributed by atoms with van der Waals surface area (Å²) >= 11 is 0. The van der Waals surface area contributed by atoms with Crippen molar-refractivity contribution in [2.24, 2.45) is 0 Å². The topological polar surface area (TPSA) is 44.8 Å². The molecule has 0 saturated heterocycles. The van der Waals surface area contributed by atoms with Crippen molar-refractivity contribution >= 4 is 5.97 Å². The third kappa shape index (κ3) is 1.71. The first kappa shape index (κ1) is 8.07. The largest absolute Gasteiger partial charge is 0.468 e. The molecule has 0 atom stereocenters. The number of cyclic esters (lactones) is 1. The number of carbonyl (C=O) groups excluding carboxylic acids is 1. The Labute approximate surface area is 64.7 Å². The number of esters is 1. The lowest BCUT2D eigenvalue weighted by molar-refractivity contribution is -0.136. The molecular weight excluding hydrogens is 148 g/mol. The molecule has 0 saturated carbocycles. The number of methoxy groups -OCH3 is 1. The molecule has 0 unspecified atom stereocenters. The Bertz CT molecular complexity index is 195. The lowest BCUT2D eigenvalue weighted by Gasteiger charge is -2.02. The molecule has 0 aliphatic carbocycles. The molecule has 4 heteroatoms. The van der Waals surface area contributed by atoms with Crippen LogP contribution in [0.15, 0.2) is 11.3 Å². The highest BCUT2D eigenvalue weighted by atomic mass is 16.7. The molecule has 62 valence electrons. The van der Waals surface area contributed by atoms with E-state index in [9.17, 15) is 4.79 Å². The fraction of sp³-hybridized carbons (Fsp3) is 0.571. The van der Waals surface area contributed by atoms with Crippen LogP contribution in [0.3, 0.4) is 0 Å². The normalized spacial score (nSPS) is 17.1. The van der Waals surface area contributed by atoms with E-state index in [4.69, 9.17) is 4.74 Å². The molecule has 4 nitrogen and oxygen atoms in total. The molecule has 0 radical (unpaired) electrons. The van der Waals surface area contributed by atoms with Crippen molar-refractivity contribution in [1.82, 2.24) is 0 Å². The standard InChI is InChI=1S/C7H10O4/c1-5-6(11-4-9-2)3-10-7(5)8/h3-4H2,1-2H3. The second-order valence-electron chi connectivity index (χ2n) is 2.18. The van der Waals surface area contributed by atoms with Crippen LogP contribution in [0.25, 0.3) is 0 Å². The van der Waals surface area contributed by atoms with Crippen molar-refractivity contribution in [2.45, 2.75) is 6.92 Å². The first-order chi connectivity index (χ1) is 5.25. The van der Waals surface area contributed by atoms with Crippen LogP contribution in [-0.4, -0.2) is 26.5 Å². The van der Waals surface area contributed by atoms with E-state index in [2.05, 4.69) is 9.47 Å². The fourth-order valence-corrected chi connectivity index (χ4v) is 0.741. The molecule has 0 aromatic rings. The van der Waals surface area contributed by atoms with Crippen LogP contribution in [0.1, 0.15) is 6.92 Å². The number of ether oxygens (including phenoxy) is 3. The van der Waals surface area contributed by atoms with Crippen molar-refractivity contribution in [3.05, 3.63) is 11.3 Å². The Morgan fingerprint density at radius 2 is 2.36 bits per heavy atom. The summed E-state index contributed by atoms with van der Waals surface area (Å²) in [5.41, 5.74) is 0.530. The first-order valence-corrected chi connectivity index (χ1v) is 3.24. The van der Waals surface area contributed by atoms with Gasteiger partial charge in [-0.1, -0.05) is 0 Å². The Morgan fingerprint density at radius 3 is 2.82 bits per heavy atom. The van der Waals surface area contributed by atoms with Crippen molar-refractivity contribution in [3.8, 4) is 0 Å². The van der Waals surface area contributed by atoms with E-state index in [-0.39, 0.29) is 19.4 Å². The van der Waals surface area contributed by atoms with Gasteiger partial charge in [-0.05, 0) is 6.92 Å². The lowest BCUT2D eigenvalue weighted by atomic mass is 10.3. The van der Waals surface area contributed by atoms with Gasteiger partial charge in [0.15, 0.2) is 6.79 Å². The number of hydrogen-bond donors (Lipinski definition) is 0. The number of carbonyl (C=O) groups is 1. The predicted molar refractivity (Wildman–Crippen MR) is 36.6 cm³/mol. The van der Waals surface area contributed by atoms with Crippen LogP contribution >= 0.6 is 0 Å². The summed E-state index contributed by atoms with van der Waals surface area (Å²) in [5.74, 6) is 0.257. The molecule has 0 fully saturated rings. The van der Waals surface area contributed by atoms with Gasteiger partial charge in [0.05, 0.1) is 5.57 Å². The van der Waals surface area contributed by atoms with Crippen LogP contribution < -0.4 is 0 Å². The molecule has 1 aliphatic heterocycles. The van der Waals surface area contributed by atoms with E-state index < -0.39 is 0 Å². The fourth-order valence-electron chi connectivity index (χ4n) is 0.741. The third-order valence-corrected chi connectivity index (χ3v) is 1.41. The van der Waals surface area contributed by atoms with E-state index in [1.807, 2.05) is 0 Å². The summed E-state index contributed by atoms with van der Waals surface area (Å²) in [7, 11) is 1.52. The maximum Gasteiger partial charge on any atom is 0.337 e. The van der Waals surface area contributed by atoms with Gasteiger partial charge in [0.2, 0.25) is 0 Å². The second kappa shape index (κ2) is 3.39. The monoisotopic (exact) mass is 158 g/mol. The first-order valence-electron chi connectivity index (χ1n) is 3.24. The summed E-state index contributed by atoms with van der Waals surface area (Å²) in [5, 5.41) is 0. The zero-order valence-electron chi connectivity index (χ0n) is 6.55. The highest BCUT2D eigenvalue weighted by Crippen LogP contribution is 2.15. The summed E-state index contributed by atoms with van der Waals surface area (Å²) in [6.45, 7) is 2.05. The molecule has 1 rings (SSSR count). The predicted octanol–water partition coefficient (Wildman–Crippen LogP) is 0.438. The van der Waals surface area contributed by atoms with Crippen LogP contribution in [-0.2, 0) is 19.0 Å². The van der Waals surface area contributed by atoms with Gasteiger partial charge in [-0.3, -0.25) is 0 Å². The van der Waals surface area contributed by atoms with E-state index in [1.165, 1.54) is 7.11 Å². The molecule has 1 heterocycles. The summed E-state index contributed by atoms with van der Waals surface area (Å²) in [6, 6.07) is 0. The highest BCUT2D eigenvalue weighted by Gasteiger charge is 2.21. The number of hydrogen-bond acceptors (Lipinski definition) is 4. The van der Waals surface area contributed by atoms with Gasteiger partial charge >= 0.3 is 5.97 Å². The van der Waals surface area contributed by atoms with Crippen LogP contribution in [0, 0.1) is 0 Å². The summed E-state index contributed by atoms with van der Waals surface area (Å²) < 4.78 is 14.4. The van der Waals surface area contributed by atoms with Crippen molar-refractivity contribution < 1.29 is 19.0 Å². The Morgan fingerprint density at radius 1 is 1.64 bits per heavy atom. The average Bonchev–Trinajstić information content (AvgIpc) is 2.31. The maximum atomic E-state index is 10.7. The highest BCUT2D eigenvalue weighted by molar-refractivity contribution is 5.90. The maximum absolute atomic E-state index is 10.7. The summed E-state index contributed by atoms with van der Waals surface area (Å²) in [6.07, 6.45) is 0. The minimum atomic E-state index is -0.309. The third-order valence-electron chi connectivity index (χ3n) is 1.41. The molecular formula is C7H10O4. The summed E-state index contributed by atoms with van der Waals surface area (Å²) in [4.78, 5) is 10.7. The lowest BCUT2D eigenvalue weighted by Crippen LogP contribution is -1.98. The molecule has 0 bridgehead atoms. The molecule has 0 aromatic carbocycles. The quantitative estimate of drug-likeness (QED) is 0.441. The van der Waals surface area contributed by atoms with Gasteiger partial charge in [-0.15, -0.1) is 0 Å². The Kier molecular flexibility index (Phi) is 2.48. The second-order valence-corrected chi connectivity index (χ2v) is 2.18. The Balaban J connectivity index is 2.50. The van der Waals surface area contributed by atoms with Crippen LogP contribution in [0.4, 0.5) is 0 Å². The van der Waals surface area contributed by atoms with Gasteiger partial charge < -0.3 is 14.2 Å². The SMILES string of the molecule is COCOC1=C(C)C(=O)OC1. The van der Waals surface area contributed by atoms with E-state index in [0.29, 0.717) is 11.3 Å². The molecule has 11 heavy (non-hydrogen) atoms. The van der Waals surface area contributed by atoms with Gasteiger partial charge in [0.1, 0.15) is 12.4 Å². The van der Waals surface area contributed by atoms with Gasteiger partial charge in [-0.2, -0.15) is 0 Å². The number of rotatable bonds is 3. The van der Waals surface area contributed by atoms with Crippen molar-refractivity contribution in [3.63, 3.8) is 0 Å². The minimum Gasteiger partial charge on any atom is -0.468 e. The van der Waals surface area contributed by atoms with Gasteiger partial charge in [0.25, 0.3) is 0 Å². The van der Waals surface area contributed by atoms with E-state index in [1.54, 1.807) is 6.92 Å². The molecule has 0 N–H and O–H groups in total. The van der Waals surface area contributed by atoms with Crippen molar-refractivity contribution in [2.75, 3.05) is 20.5 Å². The van der Waals surface area contributed by atoms with E-state index in [0.717, 1.165) is 0 Å². The molecule has 1 aliphatic rings. The van der Waals surface area contributed by atoms with E-state index >= 15 is 0 Å². The molecule has 0 aromatic heterocycles. The van der Waals surface area contributed by atoms with Crippen LogP contribution in [0.5, 0.6) is 0 Å². The zero-order chi connectivity index (χ0) is 8.27. The minimum absolute atomic E-state index is 0.156. The van der Waals surface area contributed by atoms with Gasteiger partial charge in [-0.25, -0.2) is 4.79 Å². The Hall–Kier alpha value is -1.03. The van der Waals surface area contributed by atoms with Crippen molar-refractivity contribution in [1.29, 1.82) is 0 Å². The average molecular weight is 158 g/mol. The van der Waals surface area contributed by atoms with Crippen LogP contribution in [0.2, 0.25) is 0 Å².